The minimum atomic E-state index is 0.494. The number of halogens is 2. The Balaban J connectivity index is 3.03. The molecule has 0 bridgehead atoms. The molecule has 1 heterocycles. The zero-order chi connectivity index (χ0) is 10.7. The van der Waals surface area contributed by atoms with Crippen molar-refractivity contribution >= 4 is 27.5 Å². The van der Waals surface area contributed by atoms with E-state index in [2.05, 4.69) is 25.9 Å². The highest BCUT2D eigenvalue weighted by atomic mass is 79.9. The molecule has 0 N–H and O–H groups in total. The Hall–Kier alpha value is -0.190. The summed E-state index contributed by atoms with van der Waals surface area (Å²) < 4.78 is 0.809. The van der Waals surface area contributed by atoms with E-state index in [0.717, 1.165) is 22.4 Å². The van der Waals surface area contributed by atoms with Crippen LogP contribution in [0.15, 0.2) is 4.47 Å². The molecular weight excluding hydrogens is 265 g/mol. The van der Waals surface area contributed by atoms with Gasteiger partial charge in [-0.3, -0.25) is 0 Å². The molecule has 0 unspecified atom stereocenters. The van der Waals surface area contributed by atoms with Gasteiger partial charge in [-0.1, -0.05) is 18.5 Å². The van der Waals surface area contributed by atoms with Gasteiger partial charge >= 0.3 is 0 Å². The van der Waals surface area contributed by atoms with Crippen molar-refractivity contribution in [3.05, 3.63) is 21.1 Å². The van der Waals surface area contributed by atoms with Crippen molar-refractivity contribution in [1.82, 2.24) is 14.9 Å². The monoisotopic (exact) mass is 277 g/mol. The zero-order valence-electron chi connectivity index (χ0n) is 8.51. The molecule has 0 radical (unpaired) electrons. The van der Waals surface area contributed by atoms with Crippen molar-refractivity contribution in [2.75, 3.05) is 14.1 Å². The Morgan fingerprint density at radius 3 is 2.50 bits per heavy atom. The summed E-state index contributed by atoms with van der Waals surface area (Å²) in [6.45, 7) is 2.75. The molecule has 0 saturated heterocycles. The molecule has 1 aromatic rings. The first-order chi connectivity index (χ1) is 6.54. The summed E-state index contributed by atoms with van der Waals surface area (Å²) in [5.41, 5.74) is 0.960. The summed E-state index contributed by atoms with van der Waals surface area (Å²) in [5, 5.41) is 0.494. The van der Waals surface area contributed by atoms with Crippen LogP contribution in [0.1, 0.15) is 18.4 Å². The molecule has 3 nitrogen and oxygen atoms in total. The molecule has 0 spiro atoms. The van der Waals surface area contributed by atoms with Crippen LogP contribution < -0.4 is 0 Å². The average Bonchev–Trinajstić information content (AvgIpc) is 2.10. The molecular formula is C9H13BrClN3. The van der Waals surface area contributed by atoms with Crippen molar-refractivity contribution in [3.63, 3.8) is 0 Å². The zero-order valence-corrected chi connectivity index (χ0v) is 10.9. The second-order valence-corrected chi connectivity index (χ2v) is 4.43. The SMILES string of the molecule is CCc1nc(CN(C)C)nc(Cl)c1Br. The number of aromatic nitrogens is 2. The van der Waals surface area contributed by atoms with Gasteiger partial charge in [-0.05, 0) is 36.4 Å². The van der Waals surface area contributed by atoms with Gasteiger partial charge in [0.1, 0.15) is 11.0 Å². The van der Waals surface area contributed by atoms with Crippen LogP contribution in [0, 0.1) is 0 Å². The molecule has 0 amide bonds. The third-order valence-corrected chi connectivity index (χ3v) is 3.05. The molecule has 14 heavy (non-hydrogen) atoms. The fourth-order valence-corrected chi connectivity index (χ4v) is 1.76. The second-order valence-electron chi connectivity index (χ2n) is 3.28. The van der Waals surface area contributed by atoms with E-state index >= 15 is 0 Å². The van der Waals surface area contributed by atoms with Crippen LogP contribution in [0.2, 0.25) is 5.15 Å². The van der Waals surface area contributed by atoms with Crippen molar-refractivity contribution in [2.45, 2.75) is 19.9 Å². The molecule has 0 aromatic carbocycles. The van der Waals surface area contributed by atoms with Crippen molar-refractivity contribution in [2.24, 2.45) is 0 Å². The minimum absolute atomic E-state index is 0.494. The summed E-state index contributed by atoms with van der Waals surface area (Å²) in [5.74, 6) is 0.764. The Morgan fingerprint density at radius 2 is 2.00 bits per heavy atom. The van der Waals surface area contributed by atoms with Crippen LogP contribution in [-0.2, 0) is 13.0 Å². The quantitative estimate of drug-likeness (QED) is 0.796. The first kappa shape index (κ1) is 11.9. The molecule has 0 fully saturated rings. The largest absolute Gasteiger partial charge is 0.302 e. The molecule has 5 heteroatoms. The molecule has 0 saturated carbocycles. The number of hydrogen-bond donors (Lipinski definition) is 0. The van der Waals surface area contributed by atoms with Gasteiger partial charge in [0, 0.05) is 0 Å². The van der Waals surface area contributed by atoms with Crippen molar-refractivity contribution in [1.29, 1.82) is 0 Å². The smallest absolute Gasteiger partial charge is 0.147 e. The predicted molar refractivity (Wildman–Crippen MR) is 61.5 cm³/mol. The predicted octanol–water partition coefficient (Wildman–Crippen LogP) is 2.52. The van der Waals surface area contributed by atoms with Crippen LogP contribution in [-0.4, -0.2) is 29.0 Å². The minimum Gasteiger partial charge on any atom is -0.302 e. The van der Waals surface area contributed by atoms with E-state index in [1.54, 1.807) is 0 Å². The number of nitrogens with zero attached hydrogens (tertiary/aromatic N) is 3. The van der Waals surface area contributed by atoms with Gasteiger partial charge in [0.2, 0.25) is 0 Å². The van der Waals surface area contributed by atoms with Crippen LogP contribution >= 0.6 is 27.5 Å². The molecule has 1 rings (SSSR count). The third kappa shape index (κ3) is 2.90. The molecule has 0 aliphatic rings. The summed E-state index contributed by atoms with van der Waals surface area (Å²) in [6.07, 6.45) is 0.850. The van der Waals surface area contributed by atoms with E-state index < -0.39 is 0 Å². The van der Waals surface area contributed by atoms with Crippen LogP contribution in [0.3, 0.4) is 0 Å². The van der Waals surface area contributed by atoms with Gasteiger partial charge in [0.25, 0.3) is 0 Å². The maximum Gasteiger partial charge on any atom is 0.147 e. The van der Waals surface area contributed by atoms with Gasteiger partial charge in [-0.25, -0.2) is 9.97 Å². The number of rotatable bonds is 3. The maximum absolute atomic E-state index is 5.96. The normalized spacial score (nSPS) is 11.0. The average molecular weight is 279 g/mol. The summed E-state index contributed by atoms with van der Waals surface area (Å²) >= 11 is 9.33. The van der Waals surface area contributed by atoms with E-state index in [1.807, 2.05) is 25.9 Å². The lowest BCUT2D eigenvalue weighted by atomic mass is 10.3. The summed E-state index contributed by atoms with van der Waals surface area (Å²) in [7, 11) is 3.95. The number of hydrogen-bond acceptors (Lipinski definition) is 3. The van der Waals surface area contributed by atoms with E-state index in [4.69, 9.17) is 11.6 Å². The molecule has 0 atom stereocenters. The lowest BCUT2D eigenvalue weighted by Crippen LogP contribution is -2.14. The Bertz CT molecular complexity index is 328. The van der Waals surface area contributed by atoms with E-state index in [0.29, 0.717) is 11.7 Å². The number of aryl methyl sites for hydroxylation is 1. The third-order valence-electron chi connectivity index (χ3n) is 1.72. The van der Waals surface area contributed by atoms with Gasteiger partial charge in [-0.15, -0.1) is 0 Å². The molecule has 1 aromatic heterocycles. The van der Waals surface area contributed by atoms with E-state index in [1.165, 1.54) is 0 Å². The van der Waals surface area contributed by atoms with Crippen molar-refractivity contribution < 1.29 is 0 Å². The van der Waals surface area contributed by atoms with Gasteiger partial charge < -0.3 is 4.90 Å². The van der Waals surface area contributed by atoms with Gasteiger partial charge in [0.05, 0.1) is 16.7 Å². The van der Waals surface area contributed by atoms with Gasteiger partial charge in [-0.2, -0.15) is 0 Å². The Labute approximate surface area is 97.6 Å². The highest BCUT2D eigenvalue weighted by Crippen LogP contribution is 2.23. The summed E-state index contributed by atoms with van der Waals surface area (Å²) in [4.78, 5) is 10.6. The maximum atomic E-state index is 5.96. The van der Waals surface area contributed by atoms with Crippen LogP contribution in [0.4, 0.5) is 0 Å². The first-order valence-corrected chi connectivity index (χ1v) is 5.57. The summed E-state index contributed by atoms with van der Waals surface area (Å²) in [6, 6.07) is 0. The highest BCUT2D eigenvalue weighted by molar-refractivity contribution is 9.10. The lowest BCUT2D eigenvalue weighted by molar-refractivity contribution is 0.389. The van der Waals surface area contributed by atoms with Crippen LogP contribution in [0.25, 0.3) is 0 Å². The van der Waals surface area contributed by atoms with Crippen LogP contribution in [0.5, 0.6) is 0 Å². The lowest BCUT2D eigenvalue weighted by Gasteiger charge is -2.10. The standard InChI is InChI=1S/C9H13BrClN3/c1-4-6-8(10)9(11)13-7(12-6)5-14(2)3/h4-5H2,1-3H3. The van der Waals surface area contributed by atoms with E-state index in [9.17, 15) is 0 Å². The highest BCUT2D eigenvalue weighted by Gasteiger charge is 2.09. The fourth-order valence-electron chi connectivity index (χ4n) is 1.10. The van der Waals surface area contributed by atoms with Gasteiger partial charge in [0.15, 0.2) is 0 Å². The molecule has 0 aliphatic carbocycles. The van der Waals surface area contributed by atoms with E-state index in [-0.39, 0.29) is 0 Å². The Morgan fingerprint density at radius 1 is 1.36 bits per heavy atom. The second kappa shape index (κ2) is 5.05. The topological polar surface area (TPSA) is 29.0 Å². The van der Waals surface area contributed by atoms with Crippen molar-refractivity contribution in [3.8, 4) is 0 Å². The molecule has 0 aliphatic heterocycles. The Kier molecular flexibility index (Phi) is 4.29. The fraction of sp³-hybridized carbons (Fsp3) is 0.556. The molecule has 78 valence electrons. The first-order valence-electron chi connectivity index (χ1n) is 4.40.